The van der Waals surface area contributed by atoms with Crippen molar-refractivity contribution < 1.29 is 0 Å². The van der Waals surface area contributed by atoms with E-state index in [9.17, 15) is 0 Å². The zero-order chi connectivity index (χ0) is 5.70. The Bertz CT molecular complexity index is 40.7. The van der Waals surface area contributed by atoms with Crippen molar-refractivity contribution in [3.8, 4) is 0 Å². The Morgan fingerprint density at radius 2 is 2.43 bits per heavy atom. The molecule has 7 heavy (non-hydrogen) atoms. The van der Waals surface area contributed by atoms with Crippen LogP contribution in [0.5, 0.6) is 0 Å². The first kappa shape index (κ1) is 8.04. The summed E-state index contributed by atoms with van der Waals surface area (Å²) in [5.74, 6) is 1.09. The largest absolute Gasteiger partial charge is 0.330 e. The Hall–Kier alpha value is 1.04. The third-order valence-electron chi connectivity index (χ3n) is 0.465. The maximum atomic E-state index is 5.25. The number of alkyl halides is 1. The molecule has 0 amide bonds. The number of halogens is 1. The molecule has 1 unspecified atom stereocenters. The van der Waals surface area contributed by atoms with Gasteiger partial charge in [0, 0.05) is 12.3 Å². The summed E-state index contributed by atoms with van der Waals surface area (Å²) in [7, 11) is 0. The van der Waals surface area contributed by atoms with Crippen LogP contribution in [0.1, 0.15) is 6.92 Å². The van der Waals surface area contributed by atoms with Crippen molar-refractivity contribution in [1.29, 1.82) is 0 Å². The highest BCUT2D eigenvalue weighted by Gasteiger charge is 1.90. The van der Waals surface area contributed by atoms with Crippen molar-refractivity contribution in [2.75, 3.05) is 12.3 Å². The van der Waals surface area contributed by atoms with Crippen molar-refractivity contribution in [2.24, 2.45) is 5.73 Å². The van der Waals surface area contributed by atoms with Crippen LogP contribution < -0.4 is 5.73 Å². The molecule has 0 saturated heterocycles. The molecule has 0 aliphatic rings. The Kier molecular flexibility index (Phi) is 5.95. The van der Waals surface area contributed by atoms with Crippen molar-refractivity contribution >= 4 is 34.4 Å². The summed E-state index contributed by atoms with van der Waals surface area (Å²) in [6.07, 6.45) is 0. The molecule has 44 valence electrons. The van der Waals surface area contributed by atoms with Gasteiger partial charge in [0.15, 0.2) is 0 Å². The zero-order valence-electron chi connectivity index (χ0n) is 4.36. The van der Waals surface area contributed by atoms with Gasteiger partial charge in [0.05, 0.1) is 3.26 Å². The fourth-order valence-corrected chi connectivity index (χ4v) is 1.45. The molecule has 2 N–H and O–H groups in total. The highest BCUT2D eigenvalue weighted by atomic mass is 127. The van der Waals surface area contributed by atoms with E-state index in [0.29, 0.717) is 3.26 Å². The lowest BCUT2D eigenvalue weighted by molar-refractivity contribution is 1.15. The quantitative estimate of drug-likeness (QED) is 0.587. The molecular formula is C4H10INS. The van der Waals surface area contributed by atoms with E-state index < -0.39 is 0 Å². The molecule has 0 aliphatic carbocycles. The van der Waals surface area contributed by atoms with Gasteiger partial charge in [0.2, 0.25) is 0 Å². The van der Waals surface area contributed by atoms with E-state index in [4.69, 9.17) is 5.73 Å². The monoisotopic (exact) mass is 231 g/mol. The molecule has 0 heterocycles. The number of hydrogen-bond donors (Lipinski definition) is 1. The van der Waals surface area contributed by atoms with Gasteiger partial charge < -0.3 is 5.73 Å². The van der Waals surface area contributed by atoms with Crippen molar-refractivity contribution in [1.82, 2.24) is 0 Å². The van der Waals surface area contributed by atoms with Gasteiger partial charge in [0.1, 0.15) is 0 Å². The first-order valence-corrected chi connectivity index (χ1v) is 4.52. The van der Waals surface area contributed by atoms with Gasteiger partial charge in [-0.3, -0.25) is 0 Å². The minimum Gasteiger partial charge on any atom is -0.330 e. The van der Waals surface area contributed by atoms with E-state index in [1.165, 1.54) is 0 Å². The second-order valence-corrected chi connectivity index (χ2v) is 5.36. The molecule has 1 nitrogen and oxygen atoms in total. The Balaban J connectivity index is 2.68. The lowest BCUT2D eigenvalue weighted by Crippen LogP contribution is -2.02. The average Bonchev–Trinajstić information content (AvgIpc) is 1.61. The molecule has 0 aromatic heterocycles. The number of thioether (sulfide) groups is 1. The molecule has 0 saturated carbocycles. The fraction of sp³-hybridized carbons (Fsp3) is 1.00. The van der Waals surface area contributed by atoms with Gasteiger partial charge in [-0.15, -0.1) is 11.8 Å². The second-order valence-electron chi connectivity index (χ2n) is 1.20. The van der Waals surface area contributed by atoms with Crippen LogP contribution in [-0.4, -0.2) is 15.6 Å². The third-order valence-corrected chi connectivity index (χ3v) is 2.47. The van der Waals surface area contributed by atoms with Crippen LogP contribution >= 0.6 is 34.4 Å². The van der Waals surface area contributed by atoms with Crippen molar-refractivity contribution in [3.05, 3.63) is 0 Å². The molecule has 0 spiro atoms. The maximum Gasteiger partial charge on any atom is 0.0536 e. The molecule has 0 aromatic rings. The van der Waals surface area contributed by atoms with E-state index in [2.05, 4.69) is 29.5 Å². The van der Waals surface area contributed by atoms with Gasteiger partial charge in [-0.2, -0.15) is 0 Å². The van der Waals surface area contributed by atoms with Gasteiger partial charge in [0.25, 0.3) is 0 Å². The van der Waals surface area contributed by atoms with Gasteiger partial charge in [-0.25, -0.2) is 0 Å². The van der Waals surface area contributed by atoms with E-state index in [1.54, 1.807) is 0 Å². The molecular weight excluding hydrogens is 221 g/mol. The smallest absolute Gasteiger partial charge is 0.0536 e. The lowest BCUT2D eigenvalue weighted by Gasteiger charge is -1.97. The minimum absolute atomic E-state index is 0.709. The third kappa shape index (κ3) is 7.04. The van der Waals surface area contributed by atoms with Crippen molar-refractivity contribution in [2.45, 2.75) is 10.2 Å². The van der Waals surface area contributed by atoms with Crippen LogP contribution in [0, 0.1) is 0 Å². The topological polar surface area (TPSA) is 26.0 Å². The van der Waals surface area contributed by atoms with Crippen LogP contribution in [0.4, 0.5) is 0 Å². The van der Waals surface area contributed by atoms with Crippen LogP contribution in [0.3, 0.4) is 0 Å². The minimum atomic E-state index is 0.709. The van der Waals surface area contributed by atoms with Gasteiger partial charge in [-0.05, 0) is 6.92 Å². The van der Waals surface area contributed by atoms with Crippen LogP contribution in [0.25, 0.3) is 0 Å². The van der Waals surface area contributed by atoms with Gasteiger partial charge in [-0.1, -0.05) is 22.6 Å². The number of hydrogen-bond acceptors (Lipinski definition) is 2. The van der Waals surface area contributed by atoms with E-state index in [0.717, 1.165) is 12.3 Å². The van der Waals surface area contributed by atoms with E-state index >= 15 is 0 Å². The average molecular weight is 231 g/mol. The predicted molar refractivity (Wildman–Crippen MR) is 45.0 cm³/mol. The summed E-state index contributed by atoms with van der Waals surface area (Å²) in [5.41, 5.74) is 5.25. The highest BCUT2D eigenvalue weighted by molar-refractivity contribution is 14.1. The Morgan fingerprint density at radius 1 is 1.86 bits per heavy atom. The summed E-state index contributed by atoms with van der Waals surface area (Å²) in [4.78, 5) is 0. The van der Waals surface area contributed by atoms with Crippen molar-refractivity contribution in [3.63, 3.8) is 0 Å². The normalized spacial score (nSPS) is 14.1. The molecule has 0 bridgehead atoms. The SMILES string of the molecule is CC(I)SCCN. The summed E-state index contributed by atoms with van der Waals surface area (Å²) in [5, 5.41) is 0. The molecule has 0 aliphatic heterocycles. The van der Waals surface area contributed by atoms with Crippen LogP contribution in [-0.2, 0) is 0 Å². The van der Waals surface area contributed by atoms with Gasteiger partial charge >= 0.3 is 0 Å². The zero-order valence-corrected chi connectivity index (χ0v) is 7.33. The maximum absolute atomic E-state index is 5.25. The standard InChI is InChI=1S/C4H10INS/c1-4(5)7-3-2-6/h4H,2-3,6H2,1H3. The van der Waals surface area contributed by atoms with E-state index in [-0.39, 0.29) is 0 Å². The molecule has 3 heteroatoms. The Labute approximate surface area is 62.6 Å². The Morgan fingerprint density at radius 3 is 2.57 bits per heavy atom. The predicted octanol–water partition coefficient (Wildman–Crippen LogP) is 1.46. The molecule has 0 rings (SSSR count). The van der Waals surface area contributed by atoms with Crippen LogP contribution in [0.15, 0.2) is 0 Å². The summed E-state index contributed by atoms with van der Waals surface area (Å²) in [6, 6.07) is 0. The first-order chi connectivity index (χ1) is 3.27. The summed E-state index contributed by atoms with van der Waals surface area (Å²) < 4.78 is 0.709. The van der Waals surface area contributed by atoms with Crippen LogP contribution in [0.2, 0.25) is 0 Å². The molecule has 1 atom stereocenters. The number of nitrogens with two attached hydrogens (primary N) is 1. The fourth-order valence-electron chi connectivity index (χ4n) is 0.230. The number of rotatable bonds is 3. The lowest BCUT2D eigenvalue weighted by atomic mass is 10.8. The highest BCUT2D eigenvalue weighted by Crippen LogP contribution is 2.14. The second kappa shape index (κ2) is 5.18. The van der Waals surface area contributed by atoms with E-state index in [1.807, 2.05) is 11.8 Å². The molecule has 0 fully saturated rings. The molecule has 0 aromatic carbocycles. The summed E-state index contributed by atoms with van der Waals surface area (Å²) >= 11 is 4.27. The molecule has 0 radical (unpaired) electrons. The first-order valence-electron chi connectivity index (χ1n) is 2.23. The summed E-state index contributed by atoms with van der Waals surface area (Å²) in [6.45, 7) is 2.97.